The summed E-state index contributed by atoms with van der Waals surface area (Å²) in [6, 6.07) is -0.000139. The van der Waals surface area contributed by atoms with Crippen molar-refractivity contribution in [3.05, 3.63) is 0 Å². The smallest absolute Gasteiger partial charge is 0.407 e. The zero-order valence-electron chi connectivity index (χ0n) is 7.00. The molecule has 0 spiro atoms. The molecule has 66 valence electrons. The SMILES string of the molecule is CC#CC1CN(C(=O)O)CCN1. The van der Waals surface area contributed by atoms with E-state index in [9.17, 15) is 4.79 Å². The van der Waals surface area contributed by atoms with Gasteiger partial charge in [0.25, 0.3) is 0 Å². The quantitative estimate of drug-likeness (QED) is 0.499. The van der Waals surface area contributed by atoms with Crippen molar-refractivity contribution in [2.45, 2.75) is 13.0 Å². The molecular weight excluding hydrogens is 156 g/mol. The minimum atomic E-state index is -0.862. The van der Waals surface area contributed by atoms with Crippen LogP contribution in [-0.4, -0.2) is 41.8 Å². The third kappa shape index (κ3) is 2.14. The summed E-state index contributed by atoms with van der Waals surface area (Å²) in [6.45, 7) is 3.46. The molecule has 1 atom stereocenters. The largest absolute Gasteiger partial charge is 0.465 e. The Morgan fingerprint density at radius 3 is 3.08 bits per heavy atom. The average molecular weight is 168 g/mol. The van der Waals surface area contributed by atoms with Gasteiger partial charge in [0, 0.05) is 13.1 Å². The second-order valence-corrected chi connectivity index (χ2v) is 2.63. The predicted octanol–water partition coefficient (Wildman–Crippen LogP) is -0.0385. The van der Waals surface area contributed by atoms with E-state index in [0.29, 0.717) is 19.6 Å². The van der Waals surface area contributed by atoms with Crippen LogP contribution in [0.3, 0.4) is 0 Å². The summed E-state index contributed by atoms with van der Waals surface area (Å²) in [6.07, 6.45) is -0.862. The number of rotatable bonds is 0. The van der Waals surface area contributed by atoms with Crippen molar-refractivity contribution < 1.29 is 9.90 Å². The maximum absolute atomic E-state index is 10.6. The van der Waals surface area contributed by atoms with Crippen molar-refractivity contribution in [3.8, 4) is 11.8 Å². The van der Waals surface area contributed by atoms with Crippen LogP contribution in [0, 0.1) is 11.8 Å². The normalized spacial score (nSPS) is 22.8. The molecule has 1 unspecified atom stereocenters. The number of nitrogens with zero attached hydrogens (tertiary/aromatic N) is 1. The van der Waals surface area contributed by atoms with Gasteiger partial charge in [-0.3, -0.25) is 0 Å². The molecule has 1 aliphatic rings. The fourth-order valence-corrected chi connectivity index (χ4v) is 1.19. The molecule has 0 aliphatic carbocycles. The van der Waals surface area contributed by atoms with E-state index in [1.165, 1.54) is 4.90 Å². The Balaban J connectivity index is 2.49. The van der Waals surface area contributed by atoms with E-state index in [1.54, 1.807) is 6.92 Å². The zero-order valence-corrected chi connectivity index (χ0v) is 7.00. The molecule has 12 heavy (non-hydrogen) atoms. The minimum absolute atomic E-state index is 0.000139. The predicted molar refractivity (Wildman–Crippen MR) is 44.8 cm³/mol. The Morgan fingerprint density at radius 1 is 1.75 bits per heavy atom. The summed E-state index contributed by atoms with van der Waals surface area (Å²) < 4.78 is 0. The topological polar surface area (TPSA) is 52.6 Å². The molecule has 0 aromatic heterocycles. The van der Waals surface area contributed by atoms with Crippen molar-refractivity contribution in [1.29, 1.82) is 0 Å². The van der Waals surface area contributed by atoms with Gasteiger partial charge in [-0.15, -0.1) is 5.92 Å². The van der Waals surface area contributed by atoms with Gasteiger partial charge < -0.3 is 15.3 Å². The highest BCUT2D eigenvalue weighted by Gasteiger charge is 2.20. The van der Waals surface area contributed by atoms with Gasteiger partial charge >= 0.3 is 6.09 Å². The van der Waals surface area contributed by atoms with Gasteiger partial charge in [0.2, 0.25) is 0 Å². The maximum Gasteiger partial charge on any atom is 0.407 e. The molecule has 4 heteroatoms. The van der Waals surface area contributed by atoms with E-state index in [1.807, 2.05) is 0 Å². The number of carbonyl (C=O) groups is 1. The van der Waals surface area contributed by atoms with E-state index >= 15 is 0 Å². The first kappa shape index (κ1) is 8.88. The lowest BCUT2D eigenvalue weighted by Gasteiger charge is -2.28. The standard InChI is InChI=1S/C8H12N2O2/c1-2-3-7-6-10(8(11)12)5-4-9-7/h7,9H,4-6H2,1H3,(H,11,12). The van der Waals surface area contributed by atoms with Gasteiger partial charge in [-0.2, -0.15) is 0 Å². The van der Waals surface area contributed by atoms with Gasteiger partial charge in [0.1, 0.15) is 0 Å². The van der Waals surface area contributed by atoms with Crippen molar-refractivity contribution in [2.75, 3.05) is 19.6 Å². The van der Waals surface area contributed by atoms with Crippen LogP contribution in [-0.2, 0) is 0 Å². The van der Waals surface area contributed by atoms with Crippen molar-refractivity contribution in [2.24, 2.45) is 0 Å². The van der Waals surface area contributed by atoms with Crippen LogP contribution in [0.25, 0.3) is 0 Å². The van der Waals surface area contributed by atoms with Gasteiger partial charge in [0.05, 0.1) is 12.6 Å². The highest BCUT2D eigenvalue weighted by atomic mass is 16.4. The lowest BCUT2D eigenvalue weighted by atomic mass is 10.2. The fourth-order valence-electron chi connectivity index (χ4n) is 1.19. The number of amides is 1. The highest BCUT2D eigenvalue weighted by molar-refractivity contribution is 5.65. The van der Waals surface area contributed by atoms with Gasteiger partial charge in [-0.25, -0.2) is 4.79 Å². The molecule has 0 aromatic rings. The molecule has 1 rings (SSSR count). The van der Waals surface area contributed by atoms with Crippen molar-refractivity contribution in [1.82, 2.24) is 10.2 Å². The number of nitrogens with one attached hydrogen (secondary N) is 1. The molecule has 0 bridgehead atoms. The molecular formula is C8H12N2O2. The number of hydrogen-bond donors (Lipinski definition) is 2. The van der Waals surface area contributed by atoms with Crippen LogP contribution in [0.4, 0.5) is 4.79 Å². The molecule has 0 radical (unpaired) electrons. The summed E-state index contributed by atoms with van der Waals surface area (Å²) in [5.41, 5.74) is 0. The molecule has 0 saturated carbocycles. The molecule has 1 saturated heterocycles. The first-order valence-corrected chi connectivity index (χ1v) is 3.87. The second kappa shape index (κ2) is 3.98. The number of hydrogen-bond acceptors (Lipinski definition) is 2. The van der Waals surface area contributed by atoms with Crippen LogP contribution in [0.5, 0.6) is 0 Å². The molecule has 4 nitrogen and oxygen atoms in total. The van der Waals surface area contributed by atoms with Gasteiger partial charge in [0.15, 0.2) is 0 Å². The fraction of sp³-hybridized carbons (Fsp3) is 0.625. The van der Waals surface area contributed by atoms with Crippen LogP contribution in [0.2, 0.25) is 0 Å². The lowest BCUT2D eigenvalue weighted by Crippen LogP contribution is -2.51. The van der Waals surface area contributed by atoms with Gasteiger partial charge in [-0.1, -0.05) is 5.92 Å². The summed E-state index contributed by atoms with van der Waals surface area (Å²) in [4.78, 5) is 11.9. The first-order valence-electron chi connectivity index (χ1n) is 3.87. The second-order valence-electron chi connectivity index (χ2n) is 2.63. The minimum Gasteiger partial charge on any atom is -0.465 e. The lowest BCUT2D eigenvalue weighted by molar-refractivity contribution is 0.134. The highest BCUT2D eigenvalue weighted by Crippen LogP contribution is 1.98. The van der Waals surface area contributed by atoms with E-state index in [0.717, 1.165) is 0 Å². The van der Waals surface area contributed by atoms with E-state index in [-0.39, 0.29) is 6.04 Å². The third-order valence-corrected chi connectivity index (χ3v) is 1.76. The third-order valence-electron chi connectivity index (χ3n) is 1.76. The summed E-state index contributed by atoms with van der Waals surface area (Å²) in [5, 5.41) is 11.8. The Morgan fingerprint density at radius 2 is 2.50 bits per heavy atom. The Hall–Kier alpha value is -1.21. The van der Waals surface area contributed by atoms with Crippen LogP contribution < -0.4 is 5.32 Å². The Labute approximate surface area is 71.6 Å². The molecule has 1 fully saturated rings. The Bertz CT molecular complexity index is 229. The molecule has 2 N–H and O–H groups in total. The molecule has 1 aliphatic heterocycles. The molecule has 0 aromatic carbocycles. The van der Waals surface area contributed by atoms with Crippen molar-refractivity contribution >= 4 is 6.09 Å². The van der Waals surface area contributed by atoms with E-state index < -0.39 is 6.09 Å². The molecule has 1 amide bonds. The van der Waals surface area contributed by atoms with Crippen LogP contribution >= 0.6 is 0 Å². The van der Waals surface area contributed by atoms with Gasteiger partial charge in [-0.05, 0) is 6.92 Å². The van der Waals surface area contributed by atoms with Crippen molar-refractivity contribution in [3.63, 3.8) is 0 Å². The number of piperazine rings is 1. The van der Waals surface area contributed by atoms with E-state index in [4.69, 9.17) is 5.11 Å². The van der Waals surface area contributed by atoms with Crippen LogP contribution in [0.15, 0.2) is 0 Å². The zero-order chi connectivity index (χ0) is 8.97. The molecule has 1 heterocycles. The maximum atomic E-state index is 10.6. The van der Waals surface area contributed by atoms with Crippen LogP contribution in [0.1, 0.15) is 6.92 Å². The first-order chi connectivity index (χ1) is 5.74. The monoisotopic (exact) mass is 168 g/mol. The Kier molecular flexibility index (Phi) is 2.94. The number of carboxylic acid groups (broad SMARTS) is 1. The summed E-state index contributed by atoms with van der Waals surface area (Å²) in [5.74, 6) is 5.67. The summed E-state index contributed by atoms with van der Waals surface area (Å²) >= 11 is 0. The summed E-state index contributed by atoms with van der Waals surface area (Å²) in [7, 11) is 0. The van der Waals surface area contributed by atoms with E-state index in [2.05, 4.69) is 17.2 Å². The average Bonchev–Trinajstić information content (AvgIpc) is 2.05.